The molecule has 0 aliphatic carbocycles. The van der Waals surface area contributed by atoms with Crippen molar-refractivity contribution < 1.29 is 0 Å². The molecular formula is C14H16BrN3. The molecule has 2 N–H and O–H groups in total. The van der Waals surface area contributed by atoms with E-state index in [-0.39, 0.29) is 0 Å². The lowest BCUT2D eigenvalue weighted by Gasteiger charge is -2.08. The lowest BCUT2D eigenvalue weighted by molar-refractivity contribution is 0.644. The Morgan fingerprint density at radius 1 is 1.44 bits per heavy atom. The highest BCUT2D eigenvalue weighted by Gasteiger charge is 2.22. The van der Waals surface area contributed by atoms with Gasteiger partial charge in [-0.05, 0) is 43.0 Å². The van der Waals surface area contributed by atoms with Crippen molar-refractivity contribution in [3.05, 3.63) is 39.6 Å². The van der Waals surface area contributed by atoms with Gasteiger partial charge in [0, 0.05) is 28.8 Å². The molecule has 1 aliphatic heterocycles. The summed E-state index contributed by atoms with van der Waals surface area (Å²) in [4.78, 5) is 0. The van der Waals surface area contributed by atoms with Gasteiger partial charge in [0.25, 0.3) is 0 Å². The molecule has 1 aromatic carbocycles. The Labute approximate surface area is 115 Å². The Bertz CT molecular complexity index is 601. The fraction of sp³-hybridized carbons (Fsp3) is 0.357. The van der Waals surface area contributed by atoms with Crippen molar-refractivity contribution in [3.63, 3.8) is 0 Å². The molecule has 1 aliphatic rings. The summed E-state index contributed by atoms with van der Waals surface area (Å²) >= 11 is 3.55. The van der Waals surface area contributed by atoms with Crippen LogP contribution in [0.4, 0.5) is 0 Å². The predicted molar refractivity (Wildman–Crippen MR) is 76.3 cm³/mol. The second kappa shape index (κ2) is 4.52. The highest BCUT2D eigenvalue weighted by molar-refractivity contribution is 9.10. The van der Waals surface area contributed by atoms with Crippen LogP contribution in [-0.2, 0) is 19.5 Å². The third-order valence-corrected chi connectivity index (χ3v) is 4.07. The van der Waals surface area contributed by atoms with Crippen molar-refractivity contribution >= 4 is 15.9 Å². The summed E-state index contributed by atoms with van der Waals surface area (Å²) in [7, 11) is 0. The lowest BCUT2D eigenvalue weighted by Crippen LogP contribution is -2.01. The number of aromatic nitrogens is 2. The SMILES string of the molecule is Cc1ccc(Br)cc1-c1c(CN)nn2c1CCC2. The normalized spacial score (nSPS) is 13.9. The number of hydrogen-bond donors (Lipinski definition) is 1. The summed E-state index contributed by atoms with van der Waals surface area (Å²) in [5.41, 5.74) is 12.0. The number of rotatable bonds is 2. The summed E-state index contributed by atoms with van der Waals surface area (Å²) in [6, 6.07) is 6.38. The van der Waals surface area contributed by atoms with Crippen molar-refractivity contribution in [2.45, 2.75) is 32.9 Å². The van der Waals surface area contributed by atoms with E-state index in [4.69, 9.17) is 5.73 Å². The zero-order valence-electron chi connectivity index (χ0n) is 10.4. The average molecular weight is 306 g/mol. The Balaban J connectivity index is 2.24. The second-order valence-corrected chi connectivity index (χ2v) is 5.67. The summed E-state index contributed by atoms with van der Waals surface area (Å²) in [6.07, 6.45) is 2.29. The Morgan fingerprint density at radius 3 is 3.06 bits per heavy atom. The summed E-state index contributed by atoms with van der Waals surface area (Å²) in [5, 5.41) is 4.63. The number of nitrogens with zero attached hydrogens (tertiary/aromatic N) is 2. The van der Waals surface area contributed by atoms with Crippen molar-refractivity contribution in [1.82, 2.24) is 9.78 Å². The zero-order chi connectivity index (χ0) is 12.7. The molecule has 1 aromatic heterocycles. The Kier molecular flexibility index (Phi) is 2.99. The molecule has 0 atom stereocenters. The minimum Gasteiger partial charge on any atom is -0.325 e. The number of benzene rings is 1. The van der Waals surface area contributed by atoms with Gasteiger partial charge >= 0.3 is 0 Å². The summed E-state index contributed by atoms with van der Waals surface area (Å²) < 4.78 is 3.22. The number of nitrogens with two attached hydrogens (primary N) is 1. The molecule has 0 fully saturated rings. The molecule has 4 heteroatoms. The van der Waals surface area contributed by atoms with E-state index in [1.807, 2.05) is 0 Å². The molecule has 3 rings (SSSR count). The molecule has 0 spiro atoms. The smallest absolute Gasteiger partial charge is 0.0841 e. The quantitative estimate of drug-likeness (QED) is 0.927. The molecule has 94 valence electrons. The zero-order valence-corrected chi connectivity index (χ0v) is 12.0. The second-order valence-electron chi connectivity index (χ2n) is 4.76. The van der Waals surface area contributed by atoms with E-state index in [0.29, 0.717) is 6.54 Å². The van der Waals surface area contributed by atoms with E-state index >= 15 is 0 Å². The monoisotopic (exact) mass is 305 g/mol. The molecule has 2 aromatic rings. The van der Waals surface area contributed by atoms with E-state index in [0.717, 1.165) is 23.1 Å². The first-order valence-corrected chi connectivity index (χ1v) is 7.05. The minimum absolute atomic E-state index is 0.501. The van der Waals surface area contributed by atoms with Crippen molar-refractivity contribution in [1.29, 1.82) is 0 Å². The van der Waals surface area contributed by atoms with Crippen LogP contribution in [0.5, 0.6) is 0 Å². The third-order valence-electron chi connectivity index (χ3n) is 3.58. The Hall–Kier alpha value is -1.13. The van der Waals surface area contributed by atoms with Gasteiger partial charge in [0.15, 0.2) is 0 Å². The number of halogens is 1. The lowest BCUT2D eigenvalue weighted by atomic mass is 9.97. The van der Waals surface area contributed by atoms with Crippen LogP contribution in [0.25, 0.3) is 11.1 Å². The topological polar surface area (TPSA) is 43.8 Å². The molecule has 0 saturated carbocycles. The van der Waals surface area contributed by atoms with Gasteiger partial charge in [-0.3, -0.25) is 4.68 Å². The standard InChI is InChI=1S/C14H16BrN3/c1-9-4-5-10(15)7-11(9)14-12(8-16)17-18-6-2-3-13(14)18/h4-5,7H,2-3,6,8,16H2,1H3. The van der Waals surface area contributed by atoms with Crippen molar-refractivity contribution in [2.24, 2.45) is 5.73 Å². The molecular weight excluding hydrogens is 290 g/mol. The van der Waals surface area contributed by atoms with Gasteiger partial charge in [0.1, 0.15) is 0 Å². The average Bonchev–Trinajstić information content (AvgIpc) is 2.92. The fourth-order valence-corrected chi connectivity index (χ4v) is 3.07. The highest BCUT2D eigenvalue weighted by Crippen LogP contribution is 2.35. The maximum absolute atomic E-state index is 5.85. The van der Waals surface area contributed by atoms with Crippen LogP contribution >= 0.6 is 15.9 Å². The van der Waals surface area contributed by atoms with E-state index in [1.165, 1.54) is 28.8 Å². The van der Waals surface area contributed by atoms with Crippen LogP contribution in [0.3, 0.4) is 0 Å². The summed E-state index contributed by atoms with van der Waals surface area (Å²) in [5.74, 6) is 0. The van der Waals surface area contributed by atoms with Gasteiger partial charge in [0.05, 0.1) is 5.69 Å². The van der Waals surface area contributed by atoms with Crippen LogP contribution in [0.15, 0.2) is 22.7 Å². The van der Waals surface area contributed by atoms with Gasteiger partial charge in [-0.1, -0.05) is 22.0 Å². The van der Waals surface area contributed by atoms with Gasteiger partial charge in [-0.25, -0.2) is 0 Å². The summed E-state index contributed by atoms with van der Waals surface area (Å²) in [6.45, 7) is 3.66. The van der Waals surface area contributed by atoms with Gasteiger partial charge in [-0.15, -0.1) is 0 Å². The van der Waals surface area contributed by atoms with Crippen LogP contribution in [-0.4, -0.2) is 9.78 Å². The third kappa shape index (κ3) is 1.80. The van der Waals surface area contributed by atoms with Crippen LogP contribution in [0, 0.1) is 6.92 Å². The maximum Gasteiger partial charge on any atom is 0.0841 e. The highest BCUT2D eigenvalue weighted by atomic mass is 79.9. The van der Waals surface area contributed by atoms with E-state index in [1.54, 1.807) is 0 Å². The van der Waals surface area contributed by atoms with E-state index in [2.05, 4.69) is 50.8 Å². The van der Waals surface area contributed by atoms with E-state index in [9.17, 15) is 0 Å². The fourth-order valence-electron chi connectivity index (χ4n) is 2.70. The van der Waals surface area contributed by atoms with Crippen molar-refractivity contribution in [3.8, 4) is 11.1 Å². The molecule has 18 heavy (non-hydrogen) atoms. The van der Waals surface area contributed by atoms with Crippen LogP contribution < -0.4 is 5.73 Å². The van der Waals surface area contributed by atoms with Gasteiger partial charge in [0.2, 0.25) is 0 Å². The first-order chi connectivity index (χ1) is 8.70. The van der Waals surface area contributed by atoms with Crippen molar-refractivity contribution in [2.75, 3.05) is 0 Å². The molecule has 0 saturated heterocycles. The molecule has 0 amide bonds. The molecule has 0 radical (unpaired) electrons. The first kappa shape index (κ1) is 11.9. The number of hydrogen-bond acceptors (Lipinski definition) is 2. The molecule has 2 heterocycles. The van der Waals surface area contributed by atoms with Crippen LogP contribution in [0.1, 0.15) is 23.4 Å². The van der Waals surface area contributed by atoms with E-state index < -0.39 is 0 Å². The molecule has 0 bridgehead atoms. The first-order valence-electron chi connectivity index (χ1n) is 6.26. The maximum atomic E-state index is 5.85. The van der Waals surface area contributed by atoms with Crippen LogP contribution in [0.2, 0.25) is 0 Å². The Morgan fingerprint density at radius 2 is 2.28 bits per heavy atom. The number of aryl methyl sites for hydroxylation is 2. The number of fused-ring (bicyclic) bond motifs is 1. The minimum atomic E-state index is 0.501. The predicted octanol–water partition coefficient (Wildman–Crippen LogP) is 3.03. The largest absolute Gasteiger partial charge is 0.325 e. The van der Waals surface area contributed by atoms with Gasteiger partial charge in [-0.2, -0.15) is 5.10 Å². The molecule has 0 unspecified atom stereocenters. The van der Waals surface area contributed by atoms with Gasteiger partial charge < -0.3 is 5.73 Å². The molecule has 3 nitrogen and oxygen atoms in total.